The average Bonchev–Trinajstić information content (AvgIpc) is 3.20. The molecule has 0 unspecified atom stereocenters. The molecule has 0 bridgehead atoms. The molecule has 0 aromatic carbocycles. The lowest BCUT2D eigenvalue weighted by molar-refractivity contribution is 0.276. The van der Waals surface area contributed by atoms with Gasteiger partial charge in [-0.15, -0.1) is 0 Å². The van der Waals surface area contributed by atoms with Crippen LogP contribution in [0.2, 0.25) is 0 Å². The lowest BCUT2D eigenvalue weighted by Gasteiger charge is -2.12. The number of aliphatic hydroxyl groups excluding tert-OH is 1. The molecule has 0 radical (unpaired) electrons. The van der Waals surface area contributed by atoms with Gasteiger partial charge in [0, 0.05) is 17.3 Å². The van der Waals surface area contributed by atoms with Crippen LogP contribution < -0.4 is 4.74 Å². The summed E-state index contributed by atoms with van der Waals surface area (Å²) in [4.78, 5) is 17.5. The number of rotatable bonds is 5. The summed E-state index contributed by atoms with van der Waals surface area (Å²) in [6.45, 7) is 0.0709. The first-order chi connectivity index (χ1) is 13.3. The smallest absolute Gasteiger partial charge is 0.214 e. The third-order valence-corrected chi connectivity index (χ3v) is 4.44. The molecule has 3 aromatic heterocycles. The number of aliphatic hydroxyl groups is 1. The molecule has 7 nitrogen and oxygen atoms in total. The molecule has 0 aliphatic heterocycles. The summed E-state index contributed by atoms with van der Waals surface area (Å²) < 4.78 is 5.85. The standard InChI is InChI=1S/C20H17N5O2/c21-8-13-3-1-4-14(23-13)12-27-20-7-17(16-5-2-6-18(16)25-20)19-10-22-9-15(11-26)24-19/h1,3-4,7,9-10,26H,2,5-6,11-12H2. The number of fused-ring (bicyclic) bond motifs is 1. The molecule has 134 valence electrons. The fourth-order valence-electron chi connectivity index (χ4n) is 3.20. The van der Waals surface area contributed by atoms with Crippen molar-refractivity contribution in [1.29, 1.82) is 5.26 Å². The maximum atomic E-state index is 9.34. The van der Waals surface area contributed by atoms with Crippen LogP contribution in [0.15, 0.2) is 36.7 Å². The zero-order chi connectivity index (χ0) is 18.6. The Balaban J connectivity index is 1.65. The van der Waals surface area contributed by atoms with Crippen molar-refractivity contribution in [1.82, 2.24) is 19.9 Å². The molecule has 7 heteroatoms. The van der Waals surface area contributed by atoms with E-state index in [1.807, 2.05) is 18.2 Å². The molecular formula is C20H17N5O2. The van der Waals surface area contributed by atoms with Crippen molar-refractivity contribution in [2.45, 2.75) is 32.5 Å². The Labute approximate surface area is 156 Å². The number of ether oxygens (including phenoxy) is 1. The molecule has 1 N–H and O–H groups in total. The second kappa shape index (κ2) is 7.48. The molecule has 0 saturated heterocycles. The average molecular weight is 359 g/mol. The van der Waals surface area contributed by atoms with Crippen LogP contribution in [0.1, 0.15) is 34.8 Å². The van der Waals surface area contributed by atoms with E-state index < -0.39 is 0 Å². The number of pyridine rings is 2. The Morgan fingerprint density at radius 1 is 1.11 bits per heavy atom. The Bertz CT molecular complexity index is 1030. The van der Waals surface area contributed by atoms with Gasteiger partial charge in [0.15, 0.2) is 0 Å². The molecule has 0 fully saturated rings. The predicted octanol–water partition coefficient (Wildman–Crippen LogP) is 2.37. The minimum Gasteiger partial charge on any atom is -0.471 e. The largest absolute Gasteiger partial charge is 0.471 e. The maximum Gasteiger partial charge on any atom is 0.214 e. The van der Waals surface area contributed by atoms with Gasteiger partial charge in [0.2, 0.25) is 5.88 Å². The van der Waals surface area contributed by atoms with Crippen molar-refractivity contribution < 1.29 is 9.84 Å². The van der Waals surface area contributed by atoms with Gasteiger partial charge in [-0.05, 0) is 37.0 Å². The van der Waals surface area contributed by atoms with E-state index in [0.29, 0.717) is 28.7 Å². The molecule has 4 rings (SSSR count). The molecule has 1 aliphatic carbocycles. The monoisotopic (exact) mass is 359 g/mol. The lowest BCUT2D eigenvalue weighted by atomic mass is 10.0. The van der Waals surface area contributed by atoms with Crippen molar-refractivity contribution in [3.63, 3.8) is 0 Å². The summed E-state index contributed by atoms with van der Waals surface area (Å²) in [7, 11) is 0. The van der Waals surface area contributed by atoms with Gasteiger partial charge in [-0.1, -0.05) is 6.07 Å². The Morgan fingerprint density at radius 2 is 2.04 bits per heavy atom. The third kappa shape index (κ3) is 3.61. The highest BCUT2D eigenvalue weighted by atomic mass is 16.5. The van der Waals surface area contributed by atoms with Crippen LogP contribution in [0.25, 0.3) is 11.3 Å². The van der Waals surface area contributed by atoms with Crippen molar-refractivity contribution in [2.75, 3.05) is 0 Å². The molecule has 3 aromatic rings. The topological polar surface area (TPSA) is 105 Å². The van der Waals surface area contributed by atoms with Crippen LogP contribution in [-0.4, -0.2) is 25.0 Å². The summed E-state index contributed by atoms with van der Waals surface area (Å²) in [5.41, 5.74) is 5.37. The van der Waals surface area contributed by atoms with Gasteiger partial charge >= 0.3 is 0 Å². The van der Waals surface area contributed by atoms with Crippen molar-refractivity contribution in [2.24, 2.45) is 0 Å². The predicted molar refractivity (Wildman–Crippen MR) is 96.5 cm³/mol. The minimum atomic E-state index is -0.154. The van der Waals surface area contributed by atoms with E-state index in [9.17, 15) is 5.11 Å². The van der Waals surface area contributed by atoms with Crippen molar-refractivity contribution in [3.8, 4) is 23.2 Å². The number of aryl methyl sites for hydroxylation is 1. The Morgan fingerprint density at radius 3 is 2.89 bits per heavy atom. The van der Waals surface area contributed by atoms with Gasteiger partial charge in [-0.2, -0.15) is 5.26 Å². The first-order valence-corrected chi connectivity index (χ1v) is 8.70. The van der Waals surface area contributed by atoms with Gasteiger partial charge in [0.05, 0.1) is 36.1 Å². The Hall–Kier alpha value is -3.37. The number of hydrogen-bond acceptors (Lipinski definition) is 7. The van der Waals surface area contributed by atoms with Gasteiger partial charge in [-0.25, -0.2) is 15.0 Å². The van der Waals surface area contributed by atoms with Crippen LogP contribution in [-0.2, 0) is 26.1 Å². The third-order valence-electron chi connectivity index (χ3n) is 4.44. The lowest BCUT2D eigenvalue weighted by Crippen LogP contribution is -2.04. The van der Waals surface area contributed by atoms with Gasteiger partial charge in [0.25, 0.3) is 0 Å². The number of nitriles is 1. The summed E-state index contributed by atoms with van der Waals surface area (Å²) in [5.74, 6) is 0.492. The van der Waals surface area contributed by atoms with E-state index in [-0.39, 0.29) is 13.2 Å². The van der Waals surface area contributed by atoms with E-state index in [2.05, 4.69) is 19.9 Å². The van der Waals surface area contributed by atoms with E-state index in [4.69, 9.17) is 10.00 Å². The van der Waals surface area contributed by atoms with Crippen LogP contribution in [0.5, 0.6) is 5.88 Å². The SMILES string of the molecule is N#Cc1cccc(COc2cc(-c3cncc(CO)n3)c3c(n2)CCC3)n1. The fraction of sp³-hybridized carbons (Fsp3) is 0.250. The molecular weight excluding hydrogens is 342 g/mol. The summed E-state index contributed by atoms with van der Waals surface area (Å²) in [6.07, 6.45) is 6.12. The van der Waals surface area contributed by atoms with Crippen LogP contribution >= 0.6 is 0 Å². The van der Waals surface area contributed by atoms with Crippen LogP contribution in [0.3, 0.4) is 0 Å². The van der Waals surface area contributed by atoms with Gasteiger partial charge in [0.1, 0.15) is 18.4 Å². The van der Waals surface area contributed by atoms with Crippen molar-refractivity contribution in [3.05, 3.63) is 65.0 Å². The van der Waals surface area contributed by atoms with Crippen molar-refractivity contribution >= 4 is 0 Å². The first kappa shape index (κ1) is 17.1. The molecule has 0 saturated carbocycles. The molecule has 27 heavy (non-hydrogen) atoms. The first-order valence-electron chi connectivity index (χ1n) is 8.70. The van der Waals surface area contributed by atoms with Gasteiger partial charge < -0.3 is 9.84 Å². The minimum absolute atomic E-state index is 0.154. The molecule has 0 amide bonds. The number of aromatic nitrogens is 4. The van der Waals surface area contributed by atoms with E-state index in [1.54, 1.807) is 24.5 Å². The zero-order valence-electron chi connectivity index (χ0n) is 14.6. The highest BCUT2D eigenvalue weighted by Gasteiger charge is 2.20. The highest BCUT2D eigenvalue weighted by molar-refractivity contribution is 5.66. The van der Waals surface area contributed by atoms with E-state index in [1.165, 1.54) is 0 Å². The number of hydrogen-bond donors (Lipinski definition) is 1. The summed E-state index contributed by atoms with van der Waals surface area (Å²) >= 11 is 0. The van der Waals surface area contributed by atoms with E-state index in [0.717, 1.165) is 36.1 Å². The van der Waals surface area contributed by atoms with Gasteiger partial charge in [-0.3, -0.25) is 4.98 Å². The molecule has 1 aliphatic rings. The summed E-state index contributed by atoms with van der Waals surface area (Å²) in [6, 6.07) is 9.13. The number of nitrogens with zero attached hydrogens (tertiary/aromatic N) is 5. The molecule has 0 atom stereocenters. The van der Waals surface area contributed by atoms with E-state index >= 15 is 0 Å². The normalized spacial score (nSPS) is 12.4. The van der Waals surface area contributed by atoms with Crippen LogP contribution in [0, 0.1) is 11.3 Å². The molecule has 3 heterocycles. The Kier molecular flexibility index (Phi) is 4.73. The maximum absolute atomic E-state index is 9.34. The molecule has 0 spiro atoms. The fourth-order valence-corrected chi connectivity index (χ4v) is 3.20. The summed E-state index contributed by atoms with van der Waals surface area (Å²) in [5, 5.41) is 18.3. The zero-order valence-corrected chi connectivity index (χ0v) is 14.6. The van der Waals surface area contributed by atoms with Crippen LogP contribution in [0.4, 0.5) is 0 Å². The second-order valence-corrected chi connectivity index (χ2v) is 6.26. The highest BCUT2D eigenvalue weighted by Crippen LogP contribution is 2.33. The quantitative estimate of drug-likeness (QED) is 0.745. The second-order valence-electron chi connectivity index (χ2n) is 6.26.